The largest absolute Gasteiger partial charge is 0.416 e. The van der Waals surface area contributed by atoms with Gasteiger partial charge in [-0.1, -0.05) is 18.2 Å². The number of hydrogen-bond acceptors (Lipinski definition) is 4. The van der Waals surface area contributed by atoms with Gasteiger partial charge < -0.3 is 15.5 Å². The van der Waals surface area contributed by atoms with E-state index in [1.807, 2.05) is 38.2 Å². The lowest BCUT2D eigenvalue weighted by molar-refractivity contribution is -0.137. The van der Waals surface area contributed by atoms with Gasteiger partial charge in [0.15, 0.2) is 0 Å². The second-order valence-electron chi connectivity index (χ2n) is 7.65. The van der Waals surface area contributed by atoms with E-state index in [0.717, 1.165) is 40.0 Å². The van der Waals surface area contributed by atoms with Crippen molar-refractivity contribution in [3.8, 4) is 11.1 Å². The average Bonchev–Trinajstić information content (AvgIpc) is 3.14. The van der Waals surface area contributed by atoms with Crippen LogP contribution in [0.15, 0.2) is 60.9 Å². The minimum absolute atomic E-state index is 0.0453. The molecule has 2 heterocycles. The van der Waals surface area contributed by atoms with Gasteiger partial charge in [-0.25, -0.2) is 9.78 Å². The van der Waals surface area contributed by atoms with Crippen LogP contribution in [-0.2, 0) is 13.2 Å². The molecule has 10 heteroatoms. The molecule has 2 amide bonds. The maximum absolute atomic E-state index is 12.9. The smallest absolute Gasteiger partial charge is 0.362 e. The van der Waals surface area contributed by atoms with Crippen molar-refractivity contribution in [2.75, 3.05) is 29.6 Å². The number of nitrogens with zero attached hydrogens (tertiary/aromatic N) is 4. The molecule has 33 heavy (non-hydrogen) atoms. The van der Waals surface area contributed by atoms with Gasteiger partial charge in [0.25, 0.3) is 0 Å². The average molecular weight is 454 g/mol. The minimum atomic E-state index is -4.48. The van der Waals surface area contributed by atoms with Crippen LogP contribution in [0.5, 0.6) is 0 Å². The third kappa shape index (κ3) is 4.59. The highest BCUT2D eigenvalue weighted by Gasteiger charge is 2.30. The van der Waals surface area contributed by atoms with E-state index in [9.17, 15) is 18.0 Å². The highest BCUT2D eigenvalue weighted by atomic mass is 19.4. The topological polar surface area (TPSA) is 75.1 Å². The molecule has 2 N–H and O–H groups in total. The van der Waals surface area contributed by atoms with Crippen molar-refractivity contribution in [3.63, 3.8) is 0 Å². The first-order valence-electron chi connectivity index (χ1n) is 9.97. The summed E-state index contributed by atoms with van der Waals surface area (Å²) >= 11 is 0. The van der Waals surface area contributed by atoms with Gasteiger partial charge in [-0.15, -0.1) is 0 Å². The van der Waals surface area contributed by atoms with Gasteiger partial charge in [0, 0.05) is 43.5 Å². The number of benzene rings is 2. The van der Waals surface area contributed by atoms with Crippen molar-refractivity contribution in [1.82, 2.24) is 14.8 Å². The Hall–Kier alpha value is -4.08. The van der Waals surface area contributed by atoms with E-state index >= 15 is 0 Å². The van der Waals surface area contributed by atoms with Gasteiger partial charge >= 0.3 is 12.2 Å². The molecule has 0 aliphatic heterocycles. The summed E-state index contributed by atoms with van der Waals surface area (Å²) < 4.78 is 40.3. The van der Waals surface area contributed by atoms with Gasteiger partial charge in [0.2, 0.25) is 0 Å². The van der Waals surface area contributed by atoms with E-state index in [2.05, 4.69) is 20.7 Å². The number of aromatic nitrogens is 3. The van der Waals surface area contributed by atoms with Gasteiger partial charge in [-0.05, 0) is 35.9 Å². The molecule has 0 unspecified atom stereocenters. The number of anilines is 3. The third-order valence-electron chi connectivity index (χ3n) is 5.09. The first kappa shape index (κ1) is 22.1. The lowest BCUT2D eigenvalue weighted by Crippen LogP contribution is -2.19. The molecule has 4 rings (SSSR count). The number of alkyl halides is 3. The molecule has 0 aliphatic carbocycles. The zero-order chi connectivity index (χ0) is 23.8. The van der Waals surface area contributed by atoms with Crippen LogP contribution in [0, 0.1) is 0 Å². The molecule has 2 aromatic carbocycles. The number of carbonyl (C=O) groups excluding carboxylic acids is 1. The Bertz CT molecular complexity index is 1310. The van der Waals surface area contributed by atoms with Crippen LogP contribution in [0.2, 0.25) is 0 Å². The van der Waals surface area contributed by atoms with E-state index in [1.165, 1.54) is 12.1 Å². The van der Waals surface area contributed by atoms with E-state index in [-0.39, 0.29) is 5.69 Å². The van der Waals surface area contributed by atoms with Crippen molar-refractivity contribution in [1.29, 1.82) is 0 Å². The summed E-state index contributed by atoms with van der Waals surface area (Å²) in [6.07, 6.45) is -0.926. The molecule has 7 nitrogen and oxygen atoms in total. The predicted molar refractivity (Wildman–Crippen MR) is 122 cm³/mol. The lowest BCUT2D eigenvalue weighted by atomic mass is 10.0. The number of pyridine rings is 1. The molecule has 2 aromatic heterocycles. The van der Waals surface area contributed by atoms with Crippen molar-refractivity contribution in [3.05, 3.63) is 66.5 Å². The van der Waals surface area contributed by atoms with Crippen LogP contribution in [0.25, 0.3) is 22.0 Å². The molecule has 170 valence electrons. The zero-order valence-electron chi connectivity index (χ0n) is 18.1. The number of aryl methyl sites for hydroxylation is 1. The Labute approximate surface area is 187 Å². The fourth-order valence-electron chi connectivity index (χ4n) is 3.51. The summed E-state index contributed by atoms with van der Waals surface area (Å²) in [6, 6.07) is 10.9. The van der Waals surface area contributed by atoms with E-state index in [4.69, 9.17) is 0 Å². The first-order chi connectivity index (χ1) is 15.6. The van der Waals surface area contributed by atoms with Crippen molar-refractivity contribution in [2.45, 2.75) is 6.18 Å². The molecule has 0 saturated carbocycles. The van der Waals surface area contributed by atoms with Crippen LogP contribution >= 0.6 is 0 Å². The first-order valence-corrected chi connectivity index (χ1v) is 9.97. The van der Waals surface area contributed by atoms with Crippen LogP contribution in [0.1, 0.15) is 5.56 Å². The highest BCUT2D eigenvalue weighted by Crippen LogP contribution is 2.35. The Kier molecular flexibility index (Phi) is 5.67. The lowest BCUT2D eigenvalue weighted by Gasteiger charge is -2.17. The predicted octanol–water partition coefficient (Wildman–Crippen LogP) is 5.36. The number of rotatable bonds is 4. The maximum atomic E-state index is 12.9. The van der Waals surface area contributed by atoms with Crippen molar-refractivity contribution in [2.24, 2.45) is 7.05 Å². The molecule has 0 fully saturated rings. The molecule has 4 aromatic rings. The Balaban J connectivity index is 1.55. The van der Waals surface area contributed by atoms with Crippen LogP contribution < -0.4 is 15.5 Å². The fourth-order valence-corrected chi connectivity index (χ4v) is 3.51. The number of fused-ring (bicyclic) bond motifs is 1. The van der Waals surface area contributed by atoms with Gasteiger partial charge in [0.1, 0.15) is 5.82 Å². The minimum Gasteiger partial charge on any atom is -0.362 e. The van der Waals surface area contributed by atoms with E-state index in [0.29, 0.717) is 5.69 Å². The summed E-state index contributed by atoms with van der Waals surface area (Å²) in [6.45, 7) is 0. The number of carbonyl (C=O) groups is 1. The van der Waals surface area contributed by atoms with E-state index < -0.39 is 17.8 Å². The SMILES string of the molecule is CN(C)c1ncc2c(cnn2C)c1-c1ccc(NC(=O)Nc2cccc(C(F)(F)F)c2)cc1. The van der Waals surface area contributed by atoms with Crippen molar-refractivity contribution >= 4 is 34.1 Å². The maximum Gasteiger partial charge on any atom is 0.416 e. The van der Waals surface area contributed by atoms with Crippen LogP contribution in [0.3, 0.4) is 0 Å². The van der Waals surface area contributed by atoms with Gasteiger partial charge in [-0.3, -0.25) is 4.68 Å². The molecule has 0 saturated heterocycles. The number of nitrogens with one attached hydrogen (secondary N) is 2. The Morgan fingerprint density at radius 1 is 1.00 bits per heavy atom. The van der Waals surface area contributed by atoms with Gasteiger partial charge in [0.05, 0.1) is 23.5 Å². The standard InChI is InChI=1S/C23H21F3N6O/c1-31(2)21-20(18-12-28-32(3)19(18)13-27-21)14-7-9-16(10-8-14)29-22(33)30-17-6-4-5-15(11-17)23(24,25)26/h4-13H,1-3H3,(H2,29,30,33). The highest BCUT2D eigenvalue weighted by molar-refractivity contribution is 6.01. The Morgan fingerprint density at radius 3 is 2.36 bits per heavy atom. The monoisotopic (exact) mass is 454 g/mol. The summed E-state index contributed by atoms with van der Waals surface area (Å²) in [5.74, 6) is 0.776. The fraction of sp³-hybridized carbons (Fsp3) is 0.174. The molecular weight excluding hydrogens is 433 g/mol. The number of hydrogen-bond donors (Lipinski definition) is 2. The molecule has 0 aliphatic rings. The zero-order valence-corrected chi connectivity index (χ0v) is 18.1. The van der Waals surface area contributed by atoms with Crippen LogP contribution in [-0.4, -0.2) is 34.9 Å². The summed E-state index contributed by atoms with van der Waals surface area (Å²) in [4.78, 5) is 18.8. The third-order valence-corrected chi connectivity index (χ3v) is 5.09. The molecule has 0 atom stereocenters. The Morgan fingerprint density at radius 2 is 1.70 bits per heavy atom. The normalized spacial score (nSPS) is 11.5. The summed E-state index contributed by atoms with van der Waals surface area (Å²) in [7, 11) is 5.66. The quantitative estimate of drug-likeness (QED) is 0.435. The van der Waals surface area contributed by atoms with Gasteiger partial charge in [-0.2, -0.15) is 18.3 Å². The molecule has 0 radical (unpaired) electrons. The second-order valence-corrected chi connectivity index (χ2v) is 7.65. The number of urea groups is 1. The van der Waals surface area contributed by atoms with Crippen LogP contribution in [0.4, 0.5) is 35.2 Å². The van der Waals surface area contributed by atoms with Crippen molar-refractivity contribution < 1.29 is 18.0 Å². The second kappa shape index (κ2) is 8.45. The summed E-state index contributed by atoms with van der Waals surface area (Å²) in [5, 5.41) is 10.3. The number of halogens is 3. The molecule has 0 spiro atoms. The summed E-state index contributed by atoms with van der Waals surface area (Å²) in [5.41, 5.74) is 2.38. The van der Waals surface area contributed by atoms with E-state index in [1.54, 1.807) is 29.2 Å². The molecule has 0 bridgehead atoms. The number of amides is 2. The molecular formula is C23H21F3N6O.